The number of carboxylic acids is 1. The molecule has 0 bridgehead atoms. The van der Waals surface area contributed by atoms with Crippen molar-refractivity contribution in [2.45, 2.75) is 65.0 Å². The number of hydrogen-bond donors (Lipinski definition) is 2. The van der Waals surface area contributed by atoms with Crippen LogP contribution in [0.4, 0.5) is 0 Å². The van der Waals surface area contributed by atoms with E-state index in [1.165, 1.54) is 0 Å². The Hall–Kier alpha value is -2.83. The lowest BCUT2D eigenvalue weighted by atomic mass is 9.96. The average molecular weight is 498 g/mol. The van der Waals surface area contributed by atoms with E-state index in [1.54, 1.807) is 0 Å². The van der Waals surface area contributed by atoms with Crippen LogP contribution in [0, 0.1) is 0 Å². The number of imidazole rings is 1. The highest BCUT2D eigenvalue weighted by molar-refractivity contribution is 6.32. The Morgan fingerprint density at radius 3 is 2.43 bits per heavy atom. The molecule has 1 heterocycles. The Balaban J connectivity index is 1.66. The summed E-state index contributed by atoms with van der Waals surface area (Å²) in [5, 5.41) is 13.4. The molecule has 35 heavy (non-hydrogen) atoms. The summed E-state index contributed by atoms with van der Waals surface area (Å²) in [4.78, 5) is 16.3. The van der Waals surface area contributed by atoms with Crippen LogP contribution in [0.15, 0.2) is 48.7 Å². The van der Waals surface area contributed by atoms with Gasteiger partial charge in [-0.1, -0.05) is 69.6 Å². The molecule has 2 N–H and O–H groups in total. The second-order valence-corrected chi connectivity index (χ2v) is 10.4. The monoisotopic (exact) mass is 497 g/mol. The Bertz CT molecular complexity index is 1130. The SMILES string of the molecule is CCCOc1ccc(CN[C@H](CC(=O)O)Cc2ccc(-c3cn(C)c(C(C)(C)C)n3)cc2)cc1Cl. The van der Waals surface area contributed by atoms with Crippen LogP contribution in [0.3, 0.4) is 0 Å². The molecule has 188 valence electrons. The minimum Gasteiger partial charge on any atom is -0.492 e. The van der Waals surface area contributed by atoms with Gasteiger partial charge in [0.05, 0.1) is 23.7 Å². The van der Waals surface area contributed by atoms with Gasteiger partial charge in [0.15, 0.2) is 0 Å². The van der Waals surface area contributed by atoms with Gasteiger partial charge in [0, 0.05) is 36.8 Å². The number of nitrogens with one attached hydrogen (secondary N) is 1. The van der Waals surface area contributed by atoms with Gasteiger partial charge in [-0.05, 0) is 36.1 Å². The summed E-state index contributed by atoms with van der Waals surface area (Å²) in [7, 11) is 2.02. The maximum atomic E-state index is 11.5. The number of carbonyl (C=O) groups is 1. The van der Waals surface area contributed by atoms with E-state index < -0.39 is 5.97 Å². The van der Waals surface area contributed by atoms with Gasteiger partial charge in [-0.25, -0.2) is 4.98 Å². The van der Waals surface area contributed by atoms with Crippen molar-refractivity contribution >= 4 is 17.6 Å². The number of aryl methyl sites for hydroxylation is 1. The van der Waals surface area contributed by atoms with Crippen molar-refractivity contribution in [3.8, 4) is 17.0 Å². The Morgan fingerprint density at radius 2 is 1.86 bits per heavy atom. The van der Waals surface area contributed by atoms with Crippen LogP contribution in [0.1, 0.15) is 57.5 Å². The Morgan fingerprint density at radius 1 is 1.17 bits per heavy atom. The van der Waals surface area contributed by atoms with Gasteiger partial charge in [0.2, 0.25) is 0 Å². The molecule has 0 fully saturated rings. The van der Waals surface area contributed by atoms with E-state index >= 15 is 0 Å². The van der Waals surface area contributed by atoms with Crippen LogP contribution in [0.2, 0.25) is 5.02 Å². The maximum absolute atomic E-state index is 11.5. The zero-order valence-electron chi connectivity index (χ0n) is 21.3. The highest BCUT2D eigenvalue weighted by Gasteiger charge is 2.21. The van der Waals surface area contributed by atoms with Crippen LogP contribution in [-0.4, -0.2) is 33.3 Å². The van der Waals surface area contributed by atoms with E-state index in [4.69, 9.17) is 21.3 Å². The molecule has 0 aliphatic heterocycles. The van der Waals surface area contributed by atoms with Crippen molar-refractivity contribution in [1.29, 1.82) is 0 Å². The number of halogens is 1. The number of aromatic nitrogens is 2. The van der Waals surface area contributed by atoms with E-state index in [9.17, 15) is 9.90 Å². The fourth-order valence-electron chi connectivity index (χ4n) is 4.07. The Kier molecular flexibility index (Phi) is 8.98. The van der Waals surface area contributed by atoms with Crippen molar-refractivity contribution < 1.29 is 14.6 Å². The van der Waals surface area contributed by atoms with Crippen molar-refractivity contribution in [2.75, 3.05) is 6.61 Å². The van der Waals surface area contributed by atoms with Gasteiger partial charge in [-0.2, -0.15) is 0 Å². The predicted molar refractivity (Wildman–Crippen MR) is 141 cm³/mol. The highest BCUT2D eigenvalue weighted by atomic mass is 35.5. The van der Waals surface area contributed by atoms with E-state index in [2.05, 4.69) is 42.8 Å². The summed E-state index contributed by atoms with van der Waals surface area (Å²) in [5.41, 5.74) is 4.00. The molecule has 3 rings (SSSR count). The molecule has 2 aromatic carbocycles. The van der Waals surface area contributed by atoms with Crippen LogP contribution in [-0.2, 0) is 30.2 Å². The number of aliphatic carboxylic acids is 1. The van der Waals surface area contributed by atoms with Crippen molar-refractivity contribution in [1.82, 2.24) is 14.9 Å². The maximum Gasteiger partial charge on any atom is 0.304 e. The van der Waals surface area contributed by atoms with Crippen molar-refractivity contribution in [3.63, 3.8) is 0 Å². The Labute approximate surface area is 213 Å². The van der Waals surface area contributed by atoms with Gasteiger partial charge in [0.1, 0.15) is 11.6 Å². The topological polar surface area (TPSA) is 76.4 Å². The minimum atomic E-state index is -0.830. The van der Waals surface area contributed by atoms with Gasteiger partial charge in [-0.15, -0.1) is 0 Å². The molecular weight excluding hydrogens is 462 g/mol. The smallest absolute Gasteiger partial charge is 0.304 e. The molecule has 0 spiro atoms. The quantitative estimate of drug-likeness (QED) is 0.339. The van der Waals surface area contributed by atoms with E-state index in [0.717, 1.165) is 34.6 Å². The number of benzene rings is 2. The molecule has 1 atom stereocenters. The van der Waals surface area contributed by atoms with Crippen LogP contribution < -0.4 is 10.1 Å². The lowest BCUT2D eigenvalue weighted by Gasteiger charge is -2.18. The van der Waals surface area contributed by atoms with Gasteiger partial charge < -0.3 is 19.7 Å². The fraction of sp³-hybridized carbons (Fsp3) is 0.429. The third-order valence-electron chi connectivity index (χ3n) is 5.75. The number of carboxylic acid groups (broad SMARTS) is 1. The summed E-state index contributed by atoms with van der Waals surface area (Å²) in [6.45, 7) is 9.65. The van der Waals surface area contributed by atoms with Gasteiger partial charge in [-0.3, -0.25) is 4.79 Å². The molecule has 3 aromatic rings. The lowest BCUT2D eigenvalue weighted by Crippen LogP contribution is -2.33. The molecule has 0 aliphatic rings. The van der Waals surface area contributed by atoms with Crippen molar-refractivity contribution in [2.24, 2.45) is 7.05 Å². The average Bonchev–Trinajstić information content (AvgIpc) is 3.19. The van der Waals surface area contributed by atoms with Crippen LogP contribution in [0.5, 0.6) is 5.75 Å². The van der Waals surface area contributed by atoms with E-state index in [0.29, 0.717) is 30.3 Å². The number of rotatable bonds is 11. The summed E-state index contributed by atoms with van der Waals surface area (Å²) >= 11 is 6.34. The first-order valence-electron chi connectivity index (χ1n) is 12.1. The zero-order valence-corrected chi connectivity index (χ0v) is 22.0. The highest BCUT2D eigenvalue weighted by Crippen LogP contribution is 2.27. The zero-order chi connectivity index (χ0) is 25.6. The molecule has 0 amide bonds. The minimum absolute atomic E-state index is 0.0301. The molecule has 7 heteroatoms. The molecule has 0 radical (unpaired) electrons. The lowest BCUT2D eigenvalue weighted by molar-refractivity contribution is -0.137. The molecule has 0 aliphatic carbocycles. The normalized spacial score (nSPS) is 12.5. The molecule has 0 unspecified atom stereocenters. The molecule has 1 aromatic heterocycles. The molecule has 6 nitrogen and oxygen atoms in total. The molecular formula is C28H36ClN3O3. The summed E-state index contributed by atoms with van der Waals surface area (Å²) < 4.78 is 7.70. The second-order valence-electron chi connectivity index (χ2n) is 10.0. The van der Waals surface area contributed by atoms with Crippen LogP contribution >= 0.6 is 11.6 Å². The van der Waals surface area contributed by atoms with E-state index in [1.807, 2.05) is 50.5 Å². The van der Waals surface area contributed by atoms with Crippen molar-refractivity contribution in [3.05, 3.63) is 70.6 Å². The summed E-state index contributed by atoms with van der Waals surface area (Å²) in [6, 6.07) is 13.7. The fourth-order valence-corrected chi connectivity index (χ4v) is 4.33. The largest absolute Gasteiger partial charge is 0.492 e. The predicted octanol–water partition coefficient (Wildman–Crippen LogP) is 6.00. The second kappa shape index (κ2) is 11.7. The van der Waals surface area contributed by atoms with Gasteiger partial charge >= 0.3 is 5.97 Å². The first-order valence-corrected chi connectivity index (χ1v) is 12.4. The van der Waals surface area contributed by atoms with Crippen LogP contribution in [0.25, 0.3) is 11.3 Å². The molecule has 0 saturated carbocycles. The van der Waals surface area contributed by atoms with E-state index in [-0.39, 0.29) is 17.9 Å². The third-order valence-corrected chi connectivity index (χ3v) is 6.05. The molecule has 0 saturated heterocycles. The standard InChI is InChI=1S/C28H36ClN3O3/c1-6-13-35-25-12-9-20(15-23(25)29)17-30-22(16-26(33)34)14-19-7-10-21(11-8-19)24-18-32(5)27(31-24)28(2,3)4/h7-12,15,18,22,30H,6,13-14,16-17H2,1-5H3,(H,33,34)/t22-/m0/s1. The number of ether oxygens (including phenoxy) is 1. The third kappa shape index (κ3) is 7.58. The summed E-state index contributed by atoms with van der Waals surface area (Å²) in [5.74, 6) is 0.873. The van der Waals surface area contributed by atoms with Gasteiger partial charge in [0.25, 0.3) is 0 Å². The summed E-state index contributed by atoms with van der Waals surface area (Å²) in [6.07, 6.45) is 3.60. The number of hydrogen-bond acceptors (Lipinski definition) is 4. The first-order chi connectivity index (χ1) is 16.6. The number of nitrogens with zero attached hydrogens (tertiary/aromatic N) is 2. The first kappa shape index (κ1) is 26.8.